The van der Waals surface area contributed by atoms with Gasteiger partial charge in [-0.25, -0.2) is 13.2 Å². The summed E-state index contributed by atoms with van der Waals surface area (Å²) >= 11 is 0. The van der Waals surface area contributed by atoms with Gasteiger partial charge in [0.1, 0.15) is 11.3 Å². The van der Waals surface area contributed by atoms with Crippen molar-refractivity contribution in [3.05, 3.63) is 39.7 Å². The van der Waals surface area contributed by atoms with Crippen molar-refractivity contribution < 1.29 is 22.4 Å². The standard InChI is InChI=1S/C18H21NO6S/c1-11-14-4-3-13(24-2)9-16(14)25-18(21)15(11)5-6-17(20)19-12-7-8-26(22,23)10-12/h3-4,9,12H,5-8,10H2,1-2H3,(H,19,20)/t12-/m1/s1. The Hall–Kier alpha value is -2.35. The molecule has 1 amide bonds. The number of hydrogen-bond donors (Lipinski definition) is 1. The number of nitrogens with one attached hydrogen (secondary N) is 1. The van der Waals surface area contributed by atoms with E-state index in [-0.39, 0.29) is 36.3 Å². The zero-order chi connectivity index (χ0) is 18.9. The van der Waals surface area contributed by atoms with Crippen LogP contribution in [0.1, 0.15) is 24.0 Å². The lowest BCUT2D eigenvalue weighted by Gasteiger charge is -2.12. The highest BCUT2D eigenvalue weighted by Gasteiger charge is 2.28. The number of fused-ring (bicyclic) bond motifs is 1. The molecule has 0 bridgehead atoms. The molecule has 1 aliphatic heterocycles. The molecular formula is C18H21NO6S. The van der Waals surface area contributed by atoms with E-state index in [2.05, 4.69) is 5.32 Å². The Labute approximate surface area is 151 Å². The number of carbonyl (C=O) groups excluding carboxylic acids is 1. The minimum absolute atomic E-state index is 0.0162. The van der Waals surface area contributed by atoms with E-state index in [1.54, 1.807) is 12.1 Å². The normalized spacial score (nSPS) is 18.8. The first-order valence-corrected chi connectivity index (χ1v) is 10.2. The lowest BCUT2D eigenvalue weighted by Crippen LogP contribution is -2.35. The van der Waals surface area contributed by atoms with Crippen LogP contribution in [0.15, 0.2) is 27.4 Å². The topological polar surface area (TPSA) is 103 Å². The van der Waals surface area contributed by atoms with Gasteiger partial charge in [0.25, 0.3) is 0 Å². The molecule has 1 fully saturated rings. The summed E-state index contributed by atoms with van der Waals surface area (Å²) in [5, 5.41) is 3.52. The SMILES string of the molecule is COc1ccc2c(C)c(CCC(=O)N[C@@H]3CCS(=O)(=O)C3)c(=O)oc2c1. The van der Waals surface area contributed by atoms with Gasteiger partial charge in [-0.15, -0.1) is 0 Å². The van der Waals surface area contributed by atoms with Crippen molar-refractivity contribution >= 4 is 26.7 Å². The molecule has 0 aliphatic carbocycles. The summed E-state index contributed by atoms with van der Waals surface area (Å²) in [5.41, 5.74) is 1.20. The Bertz CT molecular complexity index is 1010. The second kappa shape index (κ2) is 7.11. The van der Waals surface area contributed by atoms with Crippen LogP contribution in [0.25, 0.3) is 11.0 Å². The average molecular weight is 379 g/mol. The fraction of sp³-hybridized carbons (Fsp3) is 0.444. The summed E-state index contributed by atoms with van der Waals surface area (Å²) in [6.07, 6.45) is 0.776. The van der Waals surface area contributed by atoms with Crippen LogP contribution in [0.3, 0.4) is 0 Å². The van der Waals surface area contributed by atoms with Gasteiger partial charge < -0.3 is 14.5 Å². The maximum absolute atomic E-state index is 12.3. The molecule has 2 aromatic rings. The Morgan fingerprint density at radius 1 is 1.38 bits per heavy atom. The van der Waals surface area contributed by atoms with Gasteiger partial charge in [0, 0.05) is 29.5 Å². The second-order valence-corrected chi connectivity index (χ2v) is 8.75. The third-order valence-electron chi connectivity index (χ3n) is 4.69. The number of sulfone groups is 1. The summed E-state index contributed by atoms with van der Waals surface area (Å²) in [7, 11) is -1.51. The van der Waals surface area contributed by atoms with E-state index in [1.807, 2.05) is 13.0 Å². The highest BCUT2D eigenvalue weighted by Crippen LogP contribution is 2.24. The second-order valence-electron chi connectivity index (χ2n) is 6.52. The smallest absolute Gasteiger partial charge is 0.339 e. The van der Waals surface area contributed by atoms with Gasteiger partial charge in [-0.3, -0.25) is 4.79 Å². The molecule has 7 nitrogen and oxygen atoms in total. The van der Waals surface area contributed by atoms with Crippen LogP contribution in [0.2, 0.25) is 0 Å². The van der Waals surface area contributed by atoms with E-state index >= 15 is 0 Å². The number of amides is 1. The van der Waals surface area contributed by atoms with E-state index in [9.17, 15) is 18.0 Å². The highest BCUT2D eigenvalue weighted by atomic mass is 32.2. The van der Waals surface area contributed by atoms with Crippen molar-refractivity contribution in [3.8, 4) is 5.75 Å². The van der Waals surface area contributed by atoms with Crippen molar-refractivity contribution in [2.24, 2.45) is 0 Å². The molecule has 140 valence electrons. The summed E-state index contributed by atoms with van der Waals surface area (Å²) < 4.78 is 33.4. The number of methoxy groups -OCH3 is 1. The Balaban J connectivity index is 1.72. The maximum Gasteiger partial charge on any atom is 0.339 e. The zero-order valence-corrected chi connectivity index (χ0v) is 15.5. The first-order chi connectivity index (χ1) is 12.3. The van der Waals surface area contributed by atoms with Gasteiger partial charge in [-0.2, -0.15) is 0 Å². The van der Waals surface area contributed by atoms with E-state index in [4.69, 9.17) is 9.15 Å². The van der Waals surface area contributed by atoms with Gasteiger partial charge in [0.15, 0.2) is 9.84 Å². The number of rotatable bonds is 5. The molecule has 3 rings (SSSR count). The maximum atomic E-state index is 12.3. The molecule has 0 saturated carbocycles. The van der Waals surface area contributed by atoms with E-state index in [0.717, 1.165) is 10.9 Å². The molecular weight excluding hydrogens is 358 g/mol. The molecule has 26 heavy (non-hydrogen) atoms. The van der Waals surface area contributed by atoms with Crippen LogP contribution in [0, 0.1) is 6.92 Å². The first kappa shape index (κ1) is 18.4. The fourth-order valence-corrected chi connectivity index (χ4v) is 4.91. The van der Waals surface area contributed by atoms with Crippen molar-refractivity contribution in [1.29, 1.82) is 0 Å². The van der Waals surface area contributed by atoms with Gasteiger partial charge in [0.05, 0.1) is 18.6 Å². The zero-order valence-electron chi connectivity index (χ0n) is 14.7. The van der Waals surface area contributed by atoms with Crippen LogP contribution in [0.4, 0.5) is 0 Å². The largest absolute Gasteiger partial charge is 0.497 e. The van der Waals surface area contributed by atoms with Crippen LogP contribution in [0.5, 0.6) is 5.75 Å². The van der Waals surface area contributed by atoms with E-state index < -0.39 is 15.5 Å². The molecule has 0 unspecified atom stereocenters. The van der Waals surface area contributed by atoms with Gasteiger partial charge >= 0.3 is 5.63 Å². The molecule has 1 saturated heterocycles. The Morgan fingerprint density at radius 2 is 2.15 bits per heavy atom. The Morgan fingerprint density at radius 3 is 2.81 bits per heavy atom. The summed E-state index contributed by atoms with van der Waals surface area (Å²) in [4.78, 5) is 24.4. The van der Waals surface area contributed by atoms with Crippen LogP contribution >= 0.6 is 0 Å². The minimum Gasteiger partial charge on any atom is -0.497 e. The molecule has 2 heterocycles. The predicted molar refractivity (Wildman–Crippen MR) is 97.3 cm³/mol. The molecule has 8 heteroatoms. The lowest BCUT2D eigenvalue weighted by atomic mass is 10.0. The summed E-state index contributed by atoms with van der Waals surface area (Å²) in [5.74, 6) is 0.423. The van der Waals surface area contributed by atoms with E-state index in [0.29, 0.717) is 23.3 Å². The highest BCUT2D eigenvalue weighted by molar-refractivity contribution is 7.91. The number of ether oxygens (including phenoxy) is 1. The fourth-order valence-electron chi connectivity index (χ4n) is 3.24. The van der Waals surface area contributed by atoms with Gasteiger partial charge in [-0.1, -0.05) is 0 Å². The molecule has 1 aromatic heterocycles. The Kier molecular flexibility index (Phi) is 5.04. The molecule has 1 atom stereocenters. The van der Waals surface area contributed by atoms with Gasteiger partial charge in [-0.05, 0) is 37.5 Å². The quantitative estimate of drug-likeness (QED) is 0.787. The third kappa shape index (κ3) is 3.90. The van der Waals surface area contributed by atoms with Crippen molar-refractivity contribution in [2.75, 3.05) is 18.6 Å². The summed E-state index contributed by atoms with van der Waals surface area (Å²) in [6, 6.07) is 4.92. The number of benzene rings is 1. The minimum atomic E-state index is -3.04. The van der Waals surface area contributed by atoms with Crippen molar-refractivity contribution in [2.45, 2.75) is 32.2 Å². The molecule has 0 spiro atoms. The lowest BCUT2D eigenvalue weighted by molar-refractivity contribution is -0.121. The third-order valence-corrected chi connectivity index (χ3v) is 6.46. The van der Waals surface area contributed by atoms with Crippen LogP contribution in [-0.4, -0.2) is 39.0 Å². The predicted octanol–water partition coefficient (Wildman–Crippen LogP) is 1.35. The number of carbonyl (C=O) groups is 1. The first-order valence-electron chi connectivity index (χ1n) is 8.39. The molecule has 1 N–H and O–H groups in total. The van der Waals surface area contributed by atoms with Crippen molar-refractivity contribution in [1.82, 2.24) is 5.32 Å². The molecule has 0 radical (unpaired) electrons. The molecule has 1 aliphatic rings. The molecule has 1 aromatic carbocycles. The van der Waals surface area contributed by atoms with Gasteiger partial charge in [0.2, 0.25) is 5.91 Å². The number of aryl methyl sites for hydroxylation is 1. The van der Waals surface area contributed by atoms with Crippen LogP contribution < -0.4 is 15.7 Å². The van der Waals surface area contributed by atoms with Crippen molar-refractivity contribution in [3.63, 3.8) is 0 Å². The average Bonchev–Trinajstić information content (AvgIpc) is 2.92. The number of hydrogen-bond acceptors (Lipinski definition) is 6. The van der Waals surface area contributed by atoms with E-state index in [1.165, 1.54) is 7.11 Å². The monoisotopic (exact) mass is 379 g/mol. The summed E-state index contributed by atoms with van der Waals surface area (Å²) in [6.45, 7) is 1.82. The van der Waals surface area contributed by atoms with Crippen LogP contribution in [-0.2, 0) is 21.1 Å².